The molecule has 1 fully saturated rings. The lowest BCUT2D eigenvalue weighted by atomic mass is 10.1. The molecule has 8 heteroatoms. The maximum absolute atomic E-state index is 12.3. The molecule has 1 aromatic heterocycles. The molecule has 0 aliphatic heterocycles. The zero-order valence-corrected chi connectivity index (χ0v) is 11.1. The zero-order chi connectivity index (χ0) is 14.8. The highest BCUT2D eigenvalue weighted by Gasteiger charge is 2.42. The van der Waals surface area contributed by atoms with Crippen LogP contribution < -0.4 is 5.32 Å². The Morgan fingerprint density at radius 3 is 2.85 bits per heavy atom. The number of halogens is 3. The predicted molar refractivity (Wildman–Crippen MR) is 64.4 cm³/mol. The first-order valence-corrected chi connectivity index (χ1v) is 6.68. The van der Waals surface area contributed by atoms with Gasteiger partial charge in [0.2, 0.25) is 5.91 Å². The van der Waals surface area contributed by atoms with Crippen molar-refractivity contribution >= 4 is 5.91 Å². The van der Waals surface area contributed by atoms with E-state index >= 15 is 0 Å². The van der Waals surface area contributed by atoms with Crippen molar-refractivity contribution in [3.63, 3.8) is 0 Å². The van der Waals surface area contributed by atoms with Gasteiger partial charge in [-0.05, 0) is 18.8 Å². The molecule has 0 aromatic carbocycles. The van der Waals surface area contributed by atoms with Gasteiger partial charge in [0, 0.05) is 5.92 Å². The van der Waals surface area contributed by atoms with E-state index in [0.29, 0.717) is 5.92 Å². The average Bonchev–Trinajstić information content (AvgIpc) is 2.98. The van der Waals surface area contributed by atoms with Crippen molar-refractivity contribution in [1.29, 1.82) is 0 Å². The van der Waals surface area contributed by atoms with E-state index in [4.69, 9.17) is 0 Å². The van der Waals surface area contributed by atoms with Gasteiger partial charge >= 0.3 is 6.18 Å². The lowest BCUT2D eigenvalue weighted by Crippen LogP contribution is -2.25. The van der Waals surface area contributed by atoms with Crippen molar-refractivity contribution in [2.24, 2.45) is 11.8 Å². The first-order chi connectivity index (χ1) is 9.41. The van der Waals surface area contributed by atoms with E-state index in [1.807, 2.05) is 0 Å². The second-order valence-corrected chi connectivity index (χ2v) is 5.07. The van der Waals surface area contributed by atoms with Gasteiger partial charge in [-0.3, -0.25) is 9.89 Å². The molecule has 0 saturated heterocycles. The van der Waals surface area contributed by atoms with E-state index in [-0.39, 0.29) is 24.2 Å². The number of amides is 1. The normalized spacial score (nSPS) is 21.8. The summed E-state index contributed by atoms with van der Waals surface area (Å²) in [4.78, 5) is 15.1. The van der Waals surface area contributed by atoms with Crippen LogP contribution in [0.3, 0.4) is 0 Å². The molecule has 0 radical (unpaired) electrons. The van der Waals surface area contributed by atoms with Gasteiger partial charge in [0.15, 0.2) is 0 Å². The minimum absolute atomic E-state index is 0.00607. The number of unbranched alkanes of at least 4 members (excludes halogenated alkanes) is 1. The molecule has 1 aliphatic rings. The summed E-state index contributed by atoms with van der Waals surface area (Å²) in [7, 11) is 0. The summed E-state index contributed by atoms with van der Waals surface area (Å²) in [6.45, 7) is 2.04. The summed E-state index contributed by atoms with van der Waals surface area (Å²) in [6, 6.07) is 0. The number of carbonyl (C=O) groups excluding carboxylic acids is 1. The Morgan fingerprint density at radius 2 is 2.25 bits per heavy atom. The Bertz CT molecular complexity index is 472. The average molecular weight is 290 g/mol. The number of nitrogens with zero attached hydrogens (tertiary/aromatic N) is 2. The molecular weight excluding hydrogens is 273 g/mol. The fourth-order valence-electron chi connectivity index (χ4n) is 2.16. The topological polar surface area (TPSA) is 70.7 Å². The highest BCUT2D eigenvalue weighted by atomic mass is 19.4. The lowest BCUT2D eigenvalue weighted by Gasteiger charge is -2.02. The van der Waals surface area contributed by atoms with Gasteiger partial charge in [-0.1, -0.05) is 19.8 Å². The van der Waals surface area contributed by atoms with Crippen molar-refractivity contribution in [2.75, 3.05) is 0 Å². The molecule has 2 N–H and O–H groups in total. The molecule has 112 valence electrons. The Morgan fingerprint density at radius 1 is 1.50 bits per heavy atom. The van der Waals surface area contributed by atoms with Crippen LogP contribution in [0.15, 0.2) is 0 Å². The van der Waals surface area contributed by atoms with Crippen molar-refractivity contribution in [3.8, 4) is 0 Å². The first-order valence-electron chi connectivity index (χ1n) is 6.68. The third kappa shape index (κ3) is 3.71. The van der Waals surface area contributed by atoms with E-state index in [2.05, 4.69) is 27.4 Å². The molecule has 0 spiro atoms. The number of alkyl halides is 3. The third-order valence-electron chi connectivity index (χ3n) is 3.40. The van der Waals surface area contributed by atoms with Crippen molar-refractivity contribution in [2.45, 2.75) is 45.3 Å². The van der Waals surface area contributed by atoms with Crippen LogP contribution in [-0.2, 0) is 17.5 Å². The van der Waals surface area contributed by atoms with Gasteiger partial charge in [0.25, 0.3) is 5.82 Å². The van der Waals surface area contributed by atoms with Crippen molar-refractivity contribution < 1.29 is 18.0 Å². The molecule has 0 bridgehead atoms. The maximum Gasteiger partial charge on any atom is 0.453 e. The van der Waals surface area contributed by atoms with Crippen LogP contribution in [0.5, 0.6) is 0 Å². The summed E-state index contributed by atoms with van der Waals surface area (Å²) < 4.78 is 36.8. The van der Waals surface area contributed by atoms with E-state index in [9.17, 15) is 18.0 Å². The van der Waals surface area contributed by atoms with Crippen LogP contribution in [-0.4, -0.2) is 21.1 Å². The maximum atomic E-state index is 12.3. The fraction of sp³-hybridized carbons (Fsp3) is 0.750. The number of carbonyl (C=O) groups is 1. The van der Waals surface area contributed by atoms with Crippen LogP contribution in [0.2, 0.25) is 0 Å². The van der Waals surface area contributed by atoms with Gasteiger partial charge in [-0.2, -0.15) is 13.2 Å². The first kappa shape index (κ1) is 14.8. The number of nitrogens with one attached hydrogen (secondary N) is 2. The van der Waals surface area contributed by atoms with Gasteiger partial charge in [0.1, 0.15) is 5.82 Å². The van der Waals surface area contributed by atoms with Gasteiger partial charge in [0.05, 0.1) is 6.54 Å². The highest BCUT2D eigenvalue weighted by Crippen LogP contribution is 2.42. The summed E-state index contributed by atoms with van der Waals surface area (Å²) >= 11 is 0. The Labute approximate surface area is 114 Å². The molecule has 2 rings (SSSR count). The summed E-state index contributed by atoms with van der Waals surface area (Å²) in [5.74, 6) is -0.886. The quantitative estimate of drug-likeness (QED) is 0.844. The minimum Gasteiger partial charge on any atom is -0.349 e. The van der Waals surface area contributed by atoms with Crippen LogP contribution in [0.25, 0.3) is 0 Å². The Hall–Kier alpha value is -1.60. The van der Waals surface area contributed by atoms with Gasteiger partial charge in [-0.15, -0.1) is 5.10 Å². The molecule has 1 saturated carbocycles. The minimum atomic E-state index is -4.57. The van der Waals surface area contributed by atoms with Crippen molar-refractivity contribution in [1.82, 2.24) is 20.5 Å². The second-order valence-electron chi connectivity index (χ2n) is 5.07. The number of H-pyrrole nitrogens is 1. The molecule has 20 heavy (non-hydrogen) atoms. The predicted octanol–water partition coefficient (Wildman–Crippen LogP) is 2.27. The fourth-order valence-corrected chi connectivity index (χ4v) is 2.16. The largest absolute Gasteiger partial charge is 0.453 e. The van der Waals surface area contributed by atoms with Crippen LogP contribution in [0.1, 0.15) is 44.3 Å². The molecule has 1 aliphatic carbocycles. The van der Waals surface area contributed by atoms with Crippen LogP contribution >= 0.6 is 0 Å². The molecular formula is C12H17F3N4O. The second kappa shape index (κ2) is 5.80. The summed E-state index contributed by atoms with van der Waals surface area (Å²) in [5.41, 5.74) is 0. The highest BCUT2D eigenvalue weighted by molar-refractivity contribution is 5.81. The molecule has 5 nitrogen and oxygen atoms in total. The Kier molecular flexibility index (Phi) is 4.29. The molecule has 1 amide bonds. The van der Waals surface area contributed by atoms with Crippen LogP contribution in [0, 0.1) is 11.8 Å². The molecule has 2 atom stereocenters. The zero-order valence-electron chi connectivity index (χ0n) is 11.1. The van der Waals surface area contributed by atoms with E-state index in [1.165, 1.54) is 0 Å². The number of rotatable bonds is 6. The smallest absolute Gasteiger partial charge is 0.349 e. The van der Waals surface area contributed by atoms with Gasteiger partial charge < -0.3 is 5.32 Å². The Balaban J connectivity index is 1.76. The van der Waals surface area contributed by atoms with E-state index in [0.717, 1.165) is 25.7 Å². The van der Waals surface area contributed by atoms with Crippen molar-refractivity contribution in [3.05, 3.63) is 11.6 Å². The van der Waals surface area contributed by atoms with E-state index in [1.54, 1.807) is 0 Å². The standard InChI is InChI=1S/C12H17F3N4O/c1-2-3-4-7-5-8(7)10(20)16-6-9-17-11(19-18-9)12(13,14)15/h7-8H,2-6H2,1H3,(H,16,20)(H,17,18,19)/t7-,8+/m1/s1. The molecule has 1 heterocycles. The number of aromatic nitrogens is 3. The SMILES string of the molecule is CCCC[C@@H]1C[C@@H]1C(=O)NCc1nc(C(F)(F)F)n[nH]1. The lowest BCUT2D eigenvalue weighted by molar-refractivity contribution is -0.144. The number of hydrogen-bond acceptors (Lipinski definition) is 3. The third-order valence-corrected chi connectivity index (χ3v) is 3.40. The number of aromatic amines is 1. The monoisotopic (exact) mass is 290 g/mol. The number of hydrogen-bond donors (Lipinski definition) is 2. The summed E-state index contributed by atoms with van der Waals surface area (Å²) in [5, 5.41) is 7.84. The molecule has 0 unspecified atom stereocenters. The van der Waals surface area contributed by atoms with E-state index < -0.39 is 12.0 Å². The molecule has 1 aromatic rings. The summed E-state index contributed by atoms with van der Waals surface area (Å²) in [6.07, 6.45) is -0.458. The van der Waals surface area contributed by atoms with Crippen LogP contribution in [0.4, 0.5) is 13.2 Å². The van der Waals surface area contributed by atoms with Gasteiger partial charge in [-0.25, -0.2) is 4.98 Å².